The second kappa shape index (κ2) is 11.9. The van der Waals surface area contributed by atoms with Gasteiger partial charge in [0.05, 0.1) is 6.61 Å². The lowest BCUT2D eigenvalue weighted by Gasteiger charge is -2.21. The van der Waals surface area contributed by atoms with Crippen molar-refractivity contribution in [2.24, 2.45) is 0 Å². The summed E-state index contributed by atoms with van der Waals surface area (Å²) >= 11 is 0. The van der Waals surface area contributed by atoms with E-state index in [1.54, 1.807) is 0 Å². The van der Waals surface area contributed by atoms with Gasteiger partial charge in [-0.05, 0) is 19.3 Å². The summed E-state index contributed by atoms with van der Waals surface area (Å²) in [5.41, 5.74) is 0. The topological polar surface area (TPSA) is 54.0 Å². The van der Waals surface area contributed by atoms with Crippen LogP contribution in [0.4, 0.5) is 0 Å². The predicted molar refractivity (Wildman–Crippen MR) is 84.9 cm³/mol. The second-order valence-electron chi connectivity index (χ2n) is 5.74. The Morgan fingerprint density at radius 3 is 2.14 bits per heavy atom. The van der Waals surface area contributed by atoms with Crippen molar-refractivity contribution in [1.82, 2.24) is 0 Å². The smallest absolute Gasteiger partial charge is 0.338 e. The van der Waals surface area contributed by atoms with Crippen molar-refractivity contribution in [1.29, 1.82) is 0 Å². The minimum absolute atomic E-state index is 0.318. The van der Waals surface area contributed by atoms with Crippen LogP contribution >= 0.6 is 0 Å². The van der Waals surface area contributed by atoms with Gasteiger partial charge in [-0.1, -0.05) is 40.0 Å². The van der Waals surface area contributed by atoms with Crippen LogP contribution in [-0.4, -0.2) is 50.7 Å². The van der Waals surface area contributed by atoms with Gasteiger partial charge in [-0.25, -0.2) is 4.79 Å². The predicted octanol–water partition coefficient (Wildman–Crippen LogP) is 3.10. The molecule has 0 aromatic heterocycles. The highest BCUT2D eigenvalue weighted by atomic mass is 16.6. The average Bonchev–Trinajstić information content (AvgIpc) is 2.80. The van der Waals surface area contributed by atoms with Crippen molar-refractivity contribution >= 4 is 5.97 Å². The molecule has 0 aromatic rings. The van der Waals surface area contributed by atoms with Crippen molar-refractivity contribution in [3.05, 3.63) is 0 Å². The fraction of sp³-hybridized carbons (Fsp3) is 0.941. The highest BCUT2D eigenvalue weighted by Gasteiger charge is 2.46. The van der Waals surface area contributed by atoms with Crippen molar-refractivity contribution in [3.63, 3.8) is 0 Å². The Kier molecular flexibility index (Phi) is 10.5. The molecule has 0 spiro atoms. The zero-order valence-electron chi connectivity index (χ0n) is 14.3. The number of carbonyl (C=O) groups is 1. The lowest BCUT2D eigenvalue weighted by atomic mass is 10.1. The quantitative estimate of drug-likeness (QED) is 0.386. The Morgan fingerprint density at radius 1 is 0.909 bits per heavy atom. The molecule has 0 bridgehead atoms. The van der Waals surface area contributed by atoms with Crippen LogP contribution in [0.15, 0.2) is 0 Å². The van der Waals surface area contributed by atoms with E-state index in [1.807, 2.05) is 0 Å². The van der Waals surface area contributed by atoms with Crippen molar-refractivity contribution in [2.75, 3.05) is 26.4 Å². The van der Waals surface area contributed by atoms with Crippen LogP contribution in [0.3, 0.4) is 0 Å². The molecular weight excluding hydrogens is 284 g/mol. The van der Waals surface area contributed by atoms with E-state index >= 15 is 0 Å². The first-order chi connectivity index (χ1) is 10.7. The van der Waals surface area contributed by atoms with Crippen molar-refractivity contribution < 1.29 is 23.7 Å². The van der Waals surface area contributed by atoms with Crippen LogP contribution in [0.2, 0.25) is 0 Å². The normalized spacial score (nSPS) is 24.7. The molecule has 1 saturated heterocycles. The van der Waals surface area contributed by atoms with Gasteiger partial charge < -0.3 is 18.9 Å². The largest absolute Gasteiger partial charge is 0.455 e. The lowest BCUT2D eigenvalue weighted by Crippen LogP contribution is -2.38. The molecule has 5 nitrogen and oxygen atoms in total. The van der Waals surface area contributed by atoms with Gasteiger partial charge in [0.2, 0.25) is 0 Å². The van der Waals surface area contributed by atoms with Crippen LogP contribution in [-0.2, 0) is 23.7 Å². The van der Waals surface area contributed by atoms with Crippen LogP contribution in [0.5, 0.6) is 0 Å². The molecule has 0 N–H and O–H groups in total. The van der Waals surface area contributed by atoms with Gasteiger partial charge in [0, 0.05) is 19.8 Å². The number of ether oxygens (including phenoxy) is 4. The van der Waals surface area contributed by atoms with E-state index in [0.29, 0.717) is 26.4 Å². The van der Waals surface area contributed by atoms with E-state index in [0.717, 1.165) is 38.5 Å². The van der Waals surface area contributed by atoms with Gasteiger partial charge in [0.1, 0.15) is 6.10 Å². The Morgan fingerprint density at radius 2 is 1.50 bits per heavy atom. The summed E-state index contributed by atoms with van der Waals surface area (Å²) in [4.78, 5) is 12.0. The number of carbonyl (C=O) groups excluding carboxylic acids is 1. The standard InChI is InChI=1S/C17H32O5/c1-4-7-10-19-13-14-15(20-11-8-5-2)16(17(18)22-14)21-12-9-6-3/h14-16H,4-13H2,1-3H3/t14-,15?,16+/m1/s1. The Bertz CT molecular complexity index is 295. The van der Waals surface area contributed by atoms with Crippen LogP contribution < -0.4 is 0 Å². The summed E-state index contributed by atoms with van der Waals surface area (Å²) < 4.78 is 22.6. The van der Waals surface area contributed by atoms with Crippen molar-refractivity contribution in [3.8, 4) is 0 Å². The van der Waals surface area contributed by atoms with Gasteiger partial charge in [0.25, 0.3) is 0 Å². The Labute approximate surface area is 134 Å². The number of rotatable bonds is 13. The molecular formula is C17H32O5. The summed E-state index contributed by atoms with van der Waals surface area (Å²) in [5.74, 6) is -0.318. The molecule has 0 saturated carbocycles. The molecule has 22 heavy (non-hydrogen) atoms. The Balaban J connectivity index is 2.50. The molecule has 1 aliphatic heterocycles. The highest BCUT2D eigenvalue weighted by Crippen LogP contribution is 2.23. The van der Waals surface area contributed by atoms with E-state index in [4.69, 9.17) is 18.9 Å². The fourth-order valence-electron chi connectivity index (χ4n) is 2.26. The molecule has 1 unspecified atom stereocenters. The molecule has 0 aromatic carbocycles. The number of esters is 1. The van der Waals surface area contributed by atoms with E-state index in [-0.39, 0.29) is 18.2 Å². The maximum Gasteiger partial charge on any atom is 0.338 e. The summed E-state index contributed by atoms with van der Waals surface area (Å²) in [6.07, 6.45) is 4.78. The van der Waals surface area contributed by atoms with Gasteiger partial charge >= 0.3 is 5.97 Å². The summed E-state index contributed by atoms with van der Waals surface area (Å²) in [5, 5.41) is 0. The second-order valence-corrected chi connectivity index (χ2v) is 5.74. The minimum atomic E-state index is -0.608. The van der Waals surface area contributed by atoms with E-state index in [1.165, 1.54) is 0 Å². The van der Waals surface area contributed by atoms with E-state index < -0.39 is 6.10 Å². The molecule has 0 radical (unpaired) electrons. The van der Waals surface area contributed by atoms with Gasteiger partial charge in [-0.15, -0.1) is 0 Å². The maximum absolute atomic E-state index is 12.0. The SMILES string of the molecule is CCCCOC[C@H]1OC(=O)[C@@H](OCCCC)C1OCCCC. The summed E-state index contributed by atoms with van der Waals surface area (Å²) in [7, 11) is 0. The van der Waals surface area contributed by atoms with Crippen LogP contribution in [0.25, 0.3) is 0 Å². The van der Waals surface area contributed by atoms with E-state index in [2.05, 4.69) is 20.8 Å². The molecule has 5 heteroatoms. The first-order valence-electron chi connectivity index (χ1n) is 8.75. The van der Waals surface area contributed by atoms with Crippen LogP contribution in [0.1, 0.15) is 59.3 Å². The molecule has 1 aliphatic rings. The van der Waals surface area contributed by atoms with Gasteiger partial charge in [-0.2, -0.15) is 0 Å². The molecule has 130 valence electrons. The summed E-state index contributed by atoms with van der Waals surface area (Å²) in [6, 6.07) is 0. The molecule has 3 atom stereocenters. The van der Waals surface area contributed by atoms with Gasteiger partial charge in [0.15, 0.2) is 12.2 Å². The number of hydrogen-bond acceptors (Lipinski definition) is 5. The Hall–Kier alpha value is -0.650. The van der Waals surface area contributed by atoms with Crippen molar-refractivity contribution in [2.45, 2.75) is 77.6 Å². The molecule has 1 fully saturated rings. The third kappa shape index (κ3) is 6.63. The zero-order chi connectivity index (χ0) is 16.2. The lowest BCUT2D eigenvalue weighted by molar-refractivity contribution is -0.151. The summed E-state index contributed by atoms with van der Waals surface area (Å²) in [6.45, 7) is 8.58. The first kappa shape index (κ1) is 19.4. The minimum Gasteiger partial charge on any atom is -0.455 e. The molecule has 1 heterocycles. The highest BCUT2D eigenvalue weighted by molar-refractivity contribution is 5.78. The number of hydrogen-bond donors (Lipinski definition) is 0. The van der Waals surface area contributed by atoms with E-state index in [9.17, 15) is 4.79 Å². The zero-order valence-corrected chi connectivity index (χ0v) is 14.3. The first-order valence-corrected chi connectivity index (χ1v) is 8.75. The average molecular weight is 316 g/mol. The monoisotopic (exact) mass is 316 g/mol. The third-order valence-corrected chi connectivity index (χ3v) is 3.69. The van der Waals surface area contributed by atoms with Gasteiger partial charge in [-0.3, -0.25) is 0 Å². The molecule has 1 rings (SSSR count). The molecule has 0 amide bonds. The number of unbranched alkanes of at least 4 members (excludes halogenated alkanes) is 3. The number of cyclic esters (lactones) is 1. The van der Waals surface area contributed by atoms with Crippen LogP contribution in [0, 0.1) is 0 Å². The fourth-order valence-corrected chi connectivity index (χ4v) is 2.26. The molecule has 0 aliphatic carbocycles. The third-order valence-electron chi connectivity index (χ3n) is 3.69. The maximum atomic E-state index is 12.0.